The van der Waals surface area contributed by atoms with E-state index in [4.69, 9.17) is 11.6 Å². The van der Waals surface area contributed by atoms with Crippen LogP contribution in [0.15, 0.2) is 35.5 Å². The van der Waals surface area contributed by atoms with Crippen molar-refractivity contribution in [2.75, 3.05) is 23.7 Å². The number of sulfonamides is 1. The smallest absolute Gasteiger partial charge is 0.279 e. The molecular formula is C12H15ClN4O2S. The van der Waals surface area contributed by atoms with Crippen molar-refractivity contribution in [3.63, 3.8) is 0 Å². The molecule has 0 saturated carbocycles. The quantitative estimate of drug-likeness (QED) is 0.936. The summed E-state index contributed by atoms with van der Waals surface area (Å²) in [7, 11) is 1.49. The highest BCUT2D eigenvalue weighted by molar-refractivity contribution is 7.92. The Kier molecular flexibility index (Phi) is 3.92. The average Bonchev–Trinajstić information content (AvgIpc) is 2.70. The molecule has 2 aromatic rings. The van der Waals surface area contributed by atoms with E-state index in [2.05, 4.69) is 9.71 Å². The van der Waals surface area contributed by atoms with Crippen LogP contribution in [0.2, 0.25) is 5.28 Å². The van der Waals surface area contributed by atoms with Crippen LogP contribution < -0.4 is 9.62 Å². The van der Waals surface area contributed by atoms with Gasteiger partial charge < -0.3 is 9.47 Å². The fraction of sp³-hybridized carbons (Fsp3) is 0.250. The Morgan fingerprint density at radius 3 is 2.50 bits per heavy atom. The number of aromatic nitrogens is 2. The van der Waals surface area contributed by atoms with Crippen LogP contribution in [0.5, 0.6) is 0 Å². The van der Waals surface area contributed by atoms with Crippen molar-refractivity contribution >= 4 is 33.0 Å². The molecule has 1 aromatic carbocycles. The molecule has 1 heterocycles. The first-order valence-electron chi connectivity index (χ1n) is 5.79. The molecule has 0 spiro atoms. The van der Waals surface area contributed by atoms with Gasteiger partial charge in [-0.2, -0.15) is 8.42 Å². The Balaban J connectivity index is 2.42. The Morgan fingerprint density at radius 1 is 1.30 bits per heavy atom. The van der Waals surface area contributed by atoms with Crippen molar-refractivity contribution in [1.29, 1.82) is 0 Å². The molecule has 108 valence electrons. The van der Waals surface area contributed by atoms with Crippen LogP contribution in [0.1, 0.15) is 0 Å². The Bertz CT molecular complexity index is 725. The van der Waals surface area contributed by atoms with Crippen LogP contribution >= 0.6 is 11.6 Å². The minimum absolute atomic E-state index is 0.0102. The lowest BCUT2D eigenvalue weighted by molar-refractivity contribution is 0.591. The second kappa shape index (κ2) is 5.34. The van der Waals surface area contributed by atoms with Gasteiger partial charge in [0.15, 0.2) is 5.03 Å². The molecule has 0 amide bonds. The summed E-state index contributed by atoms with van der Waals surface area (Å²) in [6.45, 7) is 0. The summed E-state index contributed by atoms with van der Waals surface area (Å²) >= 11 is 5.77. The first kappa shape index (κ1) is 14.7. The molecule has 0 bridgehead atoms. The minimum Gasteiger partial charge on any atom is -0.376 e. The van der Waals surface area contributed by atoms with Gasteiger partial charge in [0.2, 0.25) is 5.28 Å². The van der Waals surface area contributed by atoms with E-state index in [-0.39, 0.29) is 10.3 Å². The van der Waals surface area contributed by atoms with Crippen molar-refractivity contribution in [3.8, 4) is 0 Å². The van der Waals surface area contributed by atoms with Gasteiger partial charge in [0.25, 0.3) is 10.0 Å². The third-order valence-corrected chi connectivity index (χ3v) is 4.56. The zero-order valence-electron chi connectivity index (χ0n) is 11.3. The molecule has 1 aromatic heterocycles. The lowest BCUT2D eigenvalue weighted by Gasteiger charge is -2.18. The lowest BCUT2D eigenvalue weighted by atomic mass is 10.2. The number of para-hydroxylation sites is 2. The van der Waals surface area contributed by atoms with E-state index in [9.17, 15) is 8.42 Å². The maximum atomic E-state index is 12.4. The fourth-order valence-electron chi connectivity index (χ4n) is 1.77. The van der Waals surface area contributed by atoms with Gasteiger partial charge in [-0.1, -0.05) is 12.1 Å². The summed E-state index contributed by atoms with van der Waals surface area (Å²) < 4.78 is 28.6. The first-order chi connectivity index (χ1) is 9.33. The van der Waals surface area contributed by atoms with Gasteiger partial charge >= 0.3 is 0 Å². The Morgan fingerprint density at radius 2 is 1.95 bits per heavy atom. The predicted molar refractivity (Wildman–Crippen MR) is 79.8 cm³/mol. The number of halogens is 1. The van der Waals surface area contributed by atoms with E-state index in [1.807, 2.05) is 31.1 Å². The molecule has 6 nitrogen and oxygen atoms in total. The molecular weight excluding hydrogens is 300 g/mol. The summed E-state index contributed by atoms with van der Waals surface area (Å²) in [6.07, 6.45) is 1.23. The van der Waals surface area contributed by atoms with Crippen LogP contribution in [0.4, 0.5) is 11.4 Å². The van der Waals surface area contributed by atoms with Gasteiger partial charge in [-0.3, -0.25) is 4.72 Å². The topological polar surface area (TPSA) is 67.2 Å². The molecule has 20 heavy (non-hydrogen) atoms. The largest absolute Gasteiger partial charge is 0.376 e. The molecule has 0 unspecified atom stereocenters. The van der Waals surface area contributed by atoms with Gasteiger partial charge in [-0.05, 0) is 23.7 Å². The van der Waals surface area contributed by atoms with Gasteiger partial charge in [-0.15, -0.1) is 0 Å². The highest BCUT2D eigenvalue weighted by Gasteiger charge is 2.21. The van der Waals surface area contributed by atoms with E-state index in [0.717, 1.165) is 5.69 Å². The van der Waals surface area contributed by atoms with E-state index in [1.165, 1.54) is 10.8 Å². The van der Waals surface area contributed by atoms with Crippen LogP contribution in [-0.2, 0) is 17.1 Å². The van der Waals surface area contributed by atoms with Gasteiger partial charge in [0.1, 0.15) is 0 Å². The number of imidazole rings is 1. The molecule has 0 fully saturated rings. The molecule has 2 rings (SSSR count). The molecule has 8 heteroatoms. The molecule has 0 atom stereocenters. The number of hydrogen-bond acceptors (Lipinski definition) is 4. The molecule has 0 aliphatic carbocycles. The number of nitrogens with zero attached hydrogens (tertiary/aromatic N) is 3. The minimum atomic E-state index is -3.74. The molecule has 0 aliphatic rings. The SMILES string of the molecule is CN(C)c1ccccc1NS(=O)(=O)c1cnc(Cl)n1C. The van der Waals surface area contributed by atoms with Gasteiger partial charge in [0, 0.05) is 21.1 Å². The van der Waals surface area contributed by atoms with Gasteiger partial charge in [-0.25, -0.2) is 4.98 Å². The van der Waals surface area contributed by atoms with E-state index in [0.29, 0.717) is 5.69 Å². The monoisotopic (exact) mass is 314 g/mol. The Hall–Kier alpha value is -1.73. The summed E-state index contributed by atoms with van der Waals surface area (Å²) in [5, 5.41) is 0.127. The second-order valence-corrected chi connectivity index (χ2v) is 6.41. The number of benzene rings is 1. The first-order valence-corrected chi connectivity index (χ1v) is 7.65. The zero-order chi connectivity index (χ0) is 14.9. The Labute approximate surface area is 123 Å². The molecule has 0 radical (unpaired) electrons. The maximum absolute atomic E-state index is 12.4. The zero-order valence-corrected chi connectivity index (χ0v) is 12.9. The number of rotatable bonds is 4. The highest BCUT2D eigenvalue weighted by Crippen LogP contribution is 2.26. The summed E-state index contributed by atoms with van der Waals surface area (Å²) in [6, 6.07) is 7.13. The van der Waals surface area contributed by atoms with E-state index < -0.39 is 10.0 Å². The van der Waals surface area contributed by atoms with Gasteiger partial charge in [0.05, 0.1) is 17.6 Å². The third-order valence-electron chi connectivity index (χ3n) is 2.79. The van der Waals surface area contributed by atoms with Crippen molar-refractivity contribution in [3.05, 3.63) is 35.7 Å². The van der Waals surface area contributed by atoms with Crippen LogP contribution in [-0.4, -0.2) is 32.1 Å². The summed E-state index contributed by atoms with van der Waals surface area (Å²) in [5.41, 5.74) is 1.26. The van der Waals surface area contributed by atoms with Crippen LogP contribution in [0, 0.1) is 0 Å². The third kappa shape index (κ3) is 2.73. The predicted octanol–water partition coefficient (Wildman–Crippen LogP) is 1.94. The van der Waals surface area contributed by atoms with Crippen LogP contribution in [0.3, 0.4) is 0 Å². The number of anilines is 2. The molecule has 0 aliphatic heterocycles. The number of nitrogens with one attached hydrogen (secondary N) is 1. The summed E-state index contributed by atoms with van der Waals surface area (Å²) in [5.74, 6) is 0. The lowest BCUT2D eigenvalue weighted by Crippen LogP contribution is -2.19. The van der Waals surface area contributed by atoms with Crippen LogP contribution in [0.25, 0.3) is 0 Å². The highest BCUT2D eigenvalue weighted by atomic mass is 35.5. The van der Waals surface area contributed by atoms with E-state index >= 15 is 0 Å². The van der Waals surface area contributed by atoms with Crippen molar-refractivity contribution in [2.45, 2.75) is 5.03 Å². The normalized spacial score (nSPS) is 11.4. The van der Waals surface area contributed by atoms with Crippen molar-refractivity contribution in [1.82, 2.24) is 9.55 Å². The van der Waals surface area contributed by atoms with Crippen molar-refractivity contribution in [2.24, 2.45) is 7.05 Å². The summed E-state index contributed by atoms with van der Waals surface area (Å²) in [4.78, 5) is 5.61. The van der Waals surface area contributed by atoms with E-state index in [1.54, 1.807) is 19.2 Å². The van der Waals surface area contributed by atoms with Crippen molar-refractivity contribution < 1.29 is 8.42 Å². The number of hydrogen-bond donors (Lipinski definition) is 1. The molecule has 0 saturated heterocycles. The average molecular weight is 315 g/mol. The second-order valence-electron chi connectivity index (χ2n) is 4.44. The fourth-order valence-corrected chi connectivity index (χ4v) is 3.16. The maximum Gasteiger partial charge on any atom is 0.279 e. The molecule has 1 N–H and O–H groups in total. The standard InChI is InChI=1S/C12H15ClN4O2S/c1-16(2)10-7-5-4-6-9(10)15-20(18,19)11-8-14-12(13)17(11)3/h4-8,15H,1-3H3.